The van der Waals surface area contributed by atoms with Gasteiger partial charge in [-0.25, -0.2) is 0 Å². The molecule has 10 atom stereocenters. The molecule has 0 aromatic carbocycles. The number of hydrogen-bond donors (Lipinski definition) is 3. The Hall–Kier alpha value is -1.87. The third-order valence-corrected chi connectivity index (χ3v) is 4.98. The van der Waals surface area contributed by atoms with Crippen LogP contribution in [0, 0.1) is 0 Å². The molecule has 2 aliphatic rings. The first-order chi connectivity index (χ1) is 15.0. The Bertz CT molecular complexity index is 670. The second-order valence-corrected chi connectivity index (χ2v) is 7.51. The van der Waals surface area contributed by atoms with E-state index in [0.29, 0.717) is 0 Å². The quantitative estimate of drug-likeness (QED) is 0.277. The summed E-state index contributed by atoms with van der Waals surface area (Å²) in [7, 11) is 1.27. The van der Waals surface area contributed by atoms with E-state index in [1.165, 1.54) is 21.0 Å². The van der Waals surface area contributed by atoms with Gasteiger partial charge in [-0.15, -0.1) is 0 Å². The Morgan fingerprint density at radius 1 is 0.781 bits per heavy atom. The predicted octanol–water partition coefficient (Wildman–Crippen LogP) is -2.00. The first kappa shape index (κ1) is 26.4. The molecule has 3 N–H and O–H groups in total. The Balaban J connectivity index is 2.39. The SMILES string of the molecule is CO[C@H]1O[C@H](COC(C)=O)[C@@H](O[C@@H]2O[C@H](C)[C@@H](O)[C@H](O)[C@@H]2O)[C@H](OC(C)=O)[C@H]1OC(C)=O. The van der Waals surface area contributed by atoms with E-state index in [1.54, 1.807) is 0 Å². The Kier molecular flexibility index (Phi) is 9.33. The third-order valence-electron chi connectivity index (χ3n) is 4.98. The maximum atomic E-state index is 11.8. The average molecular weight is 466 g/mol. The first-order valence-corrected chi connectivity index (χ1v) is 9.97. The number of hydrogen-bond acceptors (Lipinski definition) is 13. The molecule has 32 heavy (non-hydrogen) atoms. The zero-order valence-corrected chi connectivity index (χ0v) is 18.4. The predicted molar refractivity (Wildman–Crippen MR) is 101 cm³/mol. The van der Waals surface area contributed by atoms with Crippen molar-refractivity contribution in [3.8, 4) is 0 Å². The molecule has 2 heterocycles. The van der Waals surface area contributed by atoms with E-state index in [1.807, 2.05) is 0 Å². The summed E-state index contributed by atoms with van der Waals surface area (Å²) in [5.74, 6) is -2.11. The first-order valence-electron chi connectivity index (χ1n) is 9.97. The standard InChI is InChI=1S/C19H30O13/c1-7-12(23)13(24)14(25)18(28-7)32-15-11(6-27-8(2)20)31-19(26-5)17(30-10(4)22)16(15)29-9(3)21/h7,11-19,23-25H,6H2,1-5H3/t7-,11-,12-,13+,14+,15-,16+,17-,18+,19+/m1/s1. The molecule has 0 aliphatic carbocycles. The maximum Gasteiger partial charge on any atom is 0.303 e. The lowest BCUT2D eigenvalue weighted by atomic mass is 9.96. The number of aliphatic hydroxyl groups excluding tert-OH is 3. The number of aliphatic hydroxyl groups is 3. The van der Waals surface area contributed by atoms with Gasteiger partial charge in [-0.05, 0) is 6.92 Å². The van der Waals surface area contributed by atoms with Gasteiger partial charge in [0.05, 0.1) is 6.10 Å². The third kappa shape index (κ3) is 6.34. The van der Waals surface area contributed by atoms with Crippen molar-refractivity contribution in [1.82, 2.24) is 0 Å². The normalized spacial score (nSPS) is 39.8. The zero-order chi connectivity index (χ0) is 24.2. The summed E-state index contributed by atoms with van der Waals surface area (Å²) >= 11 is 0. The topological polar surface area (TPSA) is 177 Å². The van der Waals surface area contributed by atoms with Gasteiger partial charge in [-0.2, -0.15) is 0 Å². The molecule has 0 spiro atoms. The van der Waals surface area contributed by atoms with Crippen LogP contribution in [0.4, 0.5) is 0 Å². The lowest BCUT2D eigenvalue weighted by Crippen LogP contribution is -2.65. The van der Waals surface area contributed by atoms with Gasteiger partial charge >= 0.3 is 17.9 Å². The minimum atomic E-state index is -1.68. The largest absolute Gasteiger partial charge is 0.463 e. The molecule has 13 heteroatoms. The minimum absolute atomic E-state index is 0.367. The van der Waals surface area contributed by atoms with Gasteiger partial charge in [-0.1, -0.05) is 0 Å². The fraction of sp³-hybridized carbons (Fsp3) is 0.842. The van der Waals surface area contributed by atoms with Crippen molar-refractivity contribution in [2.24, 2.45) is 0 Å². The molecular formula is C19H30O13. The number of methoxy groups -OCH3 is 1. The maximum absolute atomic E-state index is 11.8. The van der Waals surface area contributed by atoms with Crippen molar-refractivity contribution in [2.45, 2.75) is 89.1 Å². The fourth-order valence-corrected chi connectivity index (χ4v) is 3.49. The van der Waals surface area contributed by atoms with E-state index in [0.717, 1.165) is 13.8 Å². The van der Waals surface area contributed by atoms with E-state index >= 15 is 0 Å². The number of carbonyl (C=O) groups is 3. The summed E-state index contributed by atoms with van der Waals surface area (Å²) in [6.07, 6.45) is -13.3. The van der Waals surface area contributed by atoms with E-state index in [9.17, 15) is 29.7 Å². The smallest absolute Gasteiger partial charge is 0.303 e. The van der Waals surface area contributed by atoms with E-state index < -0.39 is 79.3 Å². The molecule has 0 unspecified atom stereocenters. The lowest BCUT2D eigenvalue weighted by molar-refractivity contribution is -0.355. The summed E-state index contributed by atoms with van der Waals surface area (Å²) in [5, 5.41) is 30.3. The van der Waals surface area contributed by atoms with Crippen LogP contribution in [0.15, 0.2) is 0 Å². The average Bonchev–Trinajstić information content (AvgIpc) is 2.70. The van der Waals surface area contributed by atoms with Gasteiger partial charge in [0.15, 0.2) is 24.8 Å². The van der Waals surface area contributed by atoms with Gasteiger partial charge in [0.25, 0.3) is 0 Å². The molecule has 2 fully saturated rings. The van der Waals surface area contributed by atoms with Crippen molar-refractivity contribution < 1.29 is 62.9 Å². The number of rotatable bonds is 7. The summed E-state index contributed by atoms with van der Waals surface area (Å²) < 4.78 is 37.8. The van der Waals surface area contributed by atoms with Crippen LogP contribution in [0.1, 0.15) is 27.7 Å². The van der Waals surface area contributed by atoms with Crippen molar-refractivity contribution in [3.05, 3.63) is 0 Å². The van der Waals surface area contributed by atoms with Crippen LogP contribution in [-0.2, 0) is 47.5 Å². The highest BCUT2D eigenvalue weighted by Gasteiger charge is 2.54. The molecule has 0 bridgehead atoms. The highest BCUT2D eigenvalue weighted by atomic mass is 16.8. The molecule has 13 nitrogen and oxygen atoms in total. The van der Waals surface area contributed by atoms with Gasteiger partial charge < -0.3 is 48.5 Å². The Morgan fingerprint density at radius 2 is 1.38 bits per heavy atom. The summed E-state index contributed by atoms with van der Waals surface area (Å²) in [5.41, 5.74) is 0. The molecule has 184 valence electrons. The van der Waals surface area contributed by atoms with Crippen LogP contribution >= 0.6 is 0 Å². The molecule has 2 saturated heterocycles. The Labute approximate surface area is 184 Å². The van der Waals surface area contributed by atoms with Crippen LogP contribution < -0.4 is 0 Å². The van der Waals surface area contributed by atoms with Crippen LogP contribution in [0.2, 0.25) is 0 Å². The highest BCUT2D eigenvalue weighted by molar-refractivity contribution is 5.67. The molecule has 0 saturated carbocycles. The second-order valence-electron chi connectivity index (χ2n) is 7.51. The van der Waals surface area contributed by atoms with E-state index in [4.69, 9.17) is 33.2 Å². The van der Waals surface area contributed by atoms with Gasteiger partial charge in [0.1, 0.15) is 37.1 Å². The van der Waals surface area contributed by atoms with E-state index in [2.05, 4.69) is 0 Å². The zero-order valence-electron chi connectivity index (χ0n) is 18.4. The summed E-state index contributed by atoms with van der Waals surface area (Å²) in [4.78, 5) is 34.8. The van der Waals surface area contributed by atoms with Crippen molar-refractivity contribution in [1.29, 1.82) is 0 Å². The highest BCUT2D eigenvalue weighted by Crippen LogP contribution is 2.32. The lowest BCUT2D eigenvalue weighted by Gasteiger charge is -2.47. The summed E-state index contributed by atoms with van der Waals surface area (Å²) in [6.45, 7) is 4.51. The second kappa shape index (κ2) is 11.3. The van der Waals surface area contributed by atoms with Crippen molar-refractivity contribution in [2.75, 3.05) is 13.7 Å². The molecule has 2 aliphatic heterocycles. The minimum Gasteiger partial charge on any atom is -0.463 e. The van der Waals surface area contributed by atoms with Gasteiger partial charge in [-0.3, -0.25) is 14.4 Å². The van der Waals surface area contributed by atoms with Crippen LogP contribution in [-0.4, -0.2) is 108 Å². The van der Waals surface area contributed by atoms with Gasteiger partial charge in [0, 0.05) is 27.9 Å². The Morgan fingerprint density at radius 3 is 1.91 bits per heavy atom. The molecule has 0 aromatic rings. The molecule has 0 aromatic heterocycles. The number of esters is 3. The molecule has 0 amide bonds. The van der Waals surface area contributed by atoms with Crippen LogP contribution in [0.25, 0.3) is 0 Å². The van der Waals surface area contributed by atoms with Crippen molar-refractivity contribution in [3.63, 3.8) is 0 Å². The molecular weight excluding hydrogens is 436 g/mol. The molecule has 2 rings (SSSR count). The van der Waals surface area contributed by atoms with Gasteiger partial charge in [0.2, 0.25) is 0 Å². The number of ether oxygens (including phenoxy) is 7. The summed E-state index contributed by atoms with van der Waals surface area (Å²) in [6, 6.07) is 0. The van der Waals surface area contributed by atoms with Crippen LogP contribution in [0.3, 0.4) is 0 Å². The fourth-order valence-electron chi connectivity index (χ4n) is 3.49. The monoisotopic (exact) mass is 466 g/mol. The van der Waals surface area contributed by atoms with Crippen LogP contribution in [0.5, 0.6) is 0 Å². The number of carbonyl (C=O) groups excluding carboxylic acids is 3. The van der Waals surface area contributed by atoms with Crippen molar-refractivity contribution >= 4 is 17.9 Å². The van der Waals surface area contributed by atoms with E-state index in [-0.39, 0.29) is 6.61 Å². The molecule has 0 radical (unpaired) electrons.